The molecule has 6 heteroatoms. The third-order valence-electron chi connectivity index (χ3n) is 5.18. The lowest BCUT2D eigenvalue weighted by Gasteiger charge is -2.22. The summed E-state index contributed by atoms with van der Waals surface area (Å²) in [6.45, 7) is -0.120. The molecule has 1 aliphatic heterocycles. The van der Waals surface area contributed by atoms with Crippen LogP contribution >= 0.6 is 0 Å². The van der Waals surface area contributed by atoms with Gasteiger partial charge in [0.1, 0.15) is 17.2 Å². The van der Waals surface area contributed by atoms with E-state index in [-0.39, 0.29) is 18.6 Å². The SMILES string of the molecule is COc1ccc(C2CC(c3ccccc3)=NN2C(=O)COc2cccc(OC)c2)cc1. The van der Waals surface area contributed by atoms with Gasteiger partial charge in [-0.2, -0.15) is 5.10 Å². The summed E-state index contributed by atoms with van der Waals surface area (Å²) < 4.78 is 16.2. The number of amides is 1. The Labute approximate surface area is 181 Å². The second-order valence-corrected chi connectivity index (χ2v) is 7.11. The van der Waals surface area contributed by atoms with Crippen LogP contribution in [0.15, 0.2) is 84.0 Å². The second kappa shape index (κ2) is 9.34. The minimum absolute atomic E-state index is 0.120. The van der Waals surface area contributed by atoms with Crippen molar-refractivity contribution in [3.63, 3.8) is 0 Å². The van der Waals surface area contributed by atoms with Gasteiger partial charge in [0.15, 0.2) is 6.61 Å². The van der Waals surface area contributed by atoms with Gasteiger partial charge in [0.2, 0.25) is 0 Å². The summed E-state index contributed by atoms with van der Waals surface area (Å²) >= 11 is 0. The van der Waals surface area contributed by atoms with Crippen LogP contribution in [-0.4, -0.2) is 37.5 Å². The second-order valence-electron chi connectivity index (χ2n) is 7.11. The first-order valence-electron chi connectivity index (χ1n) is 10.0. The molecule has 31 heavy (non-hydrogen) atoms. The van der Waals surface area contributed by atoms with Crippen molar-refractivity contribution in [2.45, 2.75) is 12.5 Å². The predicted molar refractivity (Wildman–Crippen MR) is 119 cm³/mol. The Bertz CT molecular complexity index is 1060. The van der Waals surface area contributed by atoms with E-state index in [4.69, 9.17) is 14.2 Å². The minimum atomic E-state index is -0.213. The van der Waals surface area contributed by atoms with Gasteiger partial charge in [-0.3, -0.25) is 4.79 Å². The summed E-state index contributed by atoms with van der Waals surface area (Å²) in [5.41, 5.74) is 2.87. The molecular weight excluding hydrogens is 392 g/mol. The van der Waals surface area contributed by atoms with Crippen molar-refractivity contribution in [1.29, 1.82) is 0 Å². The number of rotatable bonds is 7. The van der Waals surface area contributed by atoms with Crippen molar-refractivity contribution in [3.05, 3.63) is 90.0 Å². The van der Waals surface area contributed by atoms with Crippen molar-refractivity contribution in [1.82, 2.24) is 5.01 Å². The van der Waals surface area contributed by atoms with Gasteiger partial charge in [-0.15, -0.1) is 0 Å². The number of carbonyl (C=O) groups is 1. The Kier molecular flexibility index (Phi) is 6.17. The highest BCUT2D eigenvalue weighted by molar-refractivity contribution is 6.03. The maximum absolute atomic E-state index is 13.1. The van der Waals surface area contributed by atoms with Crippen LogP contribution < -0.4 is 14.2 Å². The van der Waals surface area contributed by atoms with Crippen molar-refractivity contribution in [2.24, 2.45) is 5.10 Å². The van der Waals surface area contributed by atoms with E-state index >= 15 is 0 Å². The number of ether oxygens (including phenoxy) is 3. The molecule has 0 bridgehead atoms. The van der Waals surface area contributed by atoms with Crippen molar-refractivity contribution < 1.29 is 19.0 Å². The number of carbonyl (C=O) groups excluding carboxylic acids is 1. The fourth-order valence-corrected chi connectivity index (χ4v) is 3.53. The molecule has 3 aromatic rings. The smallest absolute Gasteiger partial charge is 0.281 e. The average molecular weight is 416 g/mol. The van der Waals surface area contributed by atoms with E-state index < -0.39 is 0 Å². The van der Waals surface area contributed by atoms with Crippen LogP contribution in [0.5, 0.6) is 17.2 Å². The Morgan fingerprint density at radius 1 is 0.903 bits per heavy atom. The minimum Gasteiger partial charge on any atom is -0.497 e. The van der Waals surface area contributed by atoms with Crippen molar-refractivity contribution >= 4 is 11.6 Å². The van der Waals surface area contributed by atoms with E-state index in [0.717, 1.165) is 22.6 Å². The van der Waals surface area contributed by atoms with Crippen LogP contribution in [0.1, 0.15) is 23.6 Å². The maximum Gasteiger partial charge on any atom is 0.281 e. The van der Waals surface area contributed by atoms with Crippen LogP contribution in [0, 0.1) is 0 Å². The summed E-state index contributed by atoms with van der Waals surface area (Å²) in [5.74, 6) is 1.80. The lowest BCUT2D eigenvalue weighted by atomic mass is 9.98. The van der Waals surface area contributed by atoms with Crippen LogP contribution in [0.2, 0.25) is 0 Å². The van der Waals surface area contributed by atoms with E-state index in [1.165, 1.54) is 5.01 Å². The molecule has 0 aliphatic carbocycles. The normalized spacial score (nSPS) is 15.4. The summed E-state index contributed by atoms with van der Waals surface area (Å²) in [5, 5.41) is 6.20. The Morgan fingerprint density at radius 3 is 2.32 bits per heavy atom. The van der Waals surface area contributed by atoms with Gasteiger partial charge in [-0.25, -0.2) is 5.01 Å². The topological polar surface area (TPSA) is 60.4 Å². The van der Waals surface area contributed by atoms with Crippen molar-refractivity contribution in [3.8, 4) is 17.2 Å². The predicted octanol–water partition coefficient (Wildman–Crippen LogP) is 4.46. The highest BCUT2D eigenvalue weighted by Gasteiger charge is 2.33. The van der Waals surface area contributed by atoms with Gasteiger partial charge in [0, 0.05) is 12.5 Å². The molecule has 0 N–H and O–H groups in total. The molecule has 1 aliphatic rings. The number of hydrogen-bond donors (Lipinski definition) is 0. The number of benzene rings is 3. The lowest BCUT2D eigenvalue weighted by Crippen LogP contribution is -2.31. The van der Waals surface area contributed by atoms with Crippen LogP contribution in [0.25, 0.3) is 0 Å². The molecule has 0 spiro atoms. The Hall–Kier alpha value is -3.80. The highest BCUT2D eigenvalue weighted by atomic mass is 16.5. The van der Waals surface area contributed by atoms with E-state index in [1.807, 2.05) is 66.7 Å². The fourth-order valence-electron chi connectivity index (χ4n) is 3.53. The van der Waals surface area contributed by atoms with Crippen LogP contribution in [0.4, 0.5) is 0 Å². The molecule has 1 amide bonds. The van der Waals surface area contributed by atoms with E-state index in [0.29, 0.717) is 17.9 Å². The maximum atomic E-state index is 13.1. The number of hydrazone groups is 1. The molecule has 0 saturated heterocycles. The molecule has 1 heterocycles. The van der Waals surface area contributed by atoms with Gasteiger partial charge in [-0.1, -0.05) is 48.5 Å². The molecule has 3 aromatic carbocycles. The molecule has 158 valence electrons. The number of methoxy groups -OCH3 is 2. The molecule has 0 radical (unpaired) electrons. The van der Waals surface area contributed by atoms with Crippen molar-refractivity contribution in [2.75, 3.05) is 20.8 Å². The third kappa shape index (κ3) is 4.69. The van der Waals surface area contributed by atoms with Gasteiger partial charge < -0.3 is 14.2 Å². The standard InChI is InChI=1S/C25H24N2O4/c1-29-20-13-11-19(12-14-20)24-16-23(18-7-4-3-5-8-18)26-27(24)25(28)17-31-22-10-6-9-21(15-22)30-2/h3-15,24H,16-17H2,1-2H3. The van der Waals surface area contributed by atoms with Gasteiger partial charge in [0.25, 0.3) is 5.91 Å². The molecular formula is C25H24N2O4. The highest BCUT2D eigenvalue weighted by Crippen LogP contribution is 2.33. The molecule has 0 saturated carbocycles. The first-order chi connectivity index (χ1) is 15.2. The molecule has 4 rings (SSSR count). The average Bonchev–Trinajstić information content (AvgIpc) is 3.29. The Morgan fingerprint density at radius 2 is 1.61 bits per heavy atom. The molecule has 0 fully saturated rings. The lowest BCUT2D eigenvalue weighted by molar-refractivity contribution is -0.135. The van der Waals surface area contributed by atoms with Crippen LogP contribution in [-0.2, 0) is 4.79 Å². The summed E-state index contributed by atoms with van der Waals surface area (Å²) in [4.78, 5) is 13.1. The molecule has 1 unspecified atom stereocenters. The van der Waals surface area contributed by atoms with E-state index in [1.54, 1.807) is 26.4 Å². The fraction of sp³-hybridized carbons (Fsp3) is 0.200. The van der Waals surface area contributed by atoms with Crippen LogP contribution in [0.3, 0.4) is 0 Å². The van der Waals surface area contributed by atoms with E-state index in [9.17, 15) is 4.79 Å². The number of nitrogens with zero attached hydrogens (tertiary/aromatic N) is 2. The summed E-state index contributed by atoms with van der Waals surface area (Å²) in [6, 6.07) is 24.6. The number of hydrogen-bond acceptors (Lipinski definition) is 5. The zero-order valence-corrected chi connectivity index (χ0v) is 17.5. The zero-order chi connectivity index (χ0) is 21.6. The first-order valence-corrected chi connectivity index (χ1v) is 10.0. The van der Waals surface area contributed by atoms with Gasteiger partial charge in [0.05, 0.1) is 26.0 Å². The summed E-state index contributed by atoms with van der Waals surface area (Å²) in [6.07, 6.45) is 0.626. The molecule has 0 aromatic heterocycles. The third-order valence-corrected chi connectivity index (χ3v) is 5.18. The first kappa shape index (κ1) is 20.5. The zero-order valence-electron chi connectivity index (χ0n) is 17.5. The summed E-state index contributed by atoms with van der Waals surface area (Å²) in [7, 11) is 3.22. The monoisotopic (exact) mass is 416 g/mol. The Balaban J connectivity index is 1.56. The van der Waals surface area contributed by atoms with Gasteiger partial charge in [-0.05, 0) is 35.4 Å². The molecule has 6 nitrogen and oxygen atoms in total. The quantitative estimate of drug-likeness (QED) is 0.571. The molecule has 1 atom stereocenters. The van der Waals surface area contributed by atoms with E-state index in [2.05, 4.69) is 5.10 Å². The van der Waals surface area contributed by atoms with Gasteiger partial charge >= 0.3 is 0 Å². The largest absolute Gasteiger partial charge is 0.497 e.